The van der Waals surface area contributed by atoms with Crippen LogP contribution in [0, 0.1) is 10.1 Å². The Labute approximate surface area is 237 Å². The summed E-state index contributed by atoms with van der Waals surface area (Å²) in [6.07, 6.45) is -0.961. The molecule has 4 rings (SSSR count). The van der Waals surface area contributed by atoms with Gasteiger partial charge in [-0.2, -0.15) is 0 Å². The maximum absolute atomic E-state index is 13.2. The second-order valence-corrected chi connectivity index (χ2v) is 11.5. The number of halogens is 1. The molecule has 2 saturated heterocycles. The van der Waals surface area contributed by atoms with Gasteiger partial charge in [-0.3, -0.25) is 19.7 Å². The summed E-state index contributed by atoms with van der Waals surface area (Å²) in [4.78, 5) is 63.1. The lowest BCUT2D eigenvalue weighted by Crippen LogP contribution is -2.71. The van der Waals surface area contributed by atoms with Crippen LogP contribution in [-0.4, -0.2) is 67.1 Å². The highest BCUT2D eigenvalue weighted by Gasteiger charge is 2.64. The first-order valence-corrected chi connectivity index (χ1v) is 13.3. The van der Waals surface area contributed by atoms with Crippen LogP contribution >= 0.6 is 23.4 Å². The smallest absolute Gasteiger partial charge is 0.409 e. The Hall–Kier alpha value is -4.04. The Kier molecular flexibility index (Phi) is 8.40. The van der Waals surface area contributed by atoms with Crippen molar-refractivity contribution in [3.8, 4) is 5.75 Å². The fourth-order valence-corrected chi connectivity index (χ4v) is 6.21. The Bertz CT molecular complexity index is 1320. The molecule has 3 N–H and O–H groups in total. The number of β-lactam (4-membered cyclic amide) rings is 1. The number of aromatic hydroxyl groups is 1. The molecule has 0 aromatic heterocycles. The summed E-state index contributed by atoms with van der Waals surface area (Å²) in [5.41, 5.74) is 0.765. The van der Waals surface area contributed by atoms with Gasteiger partial charge in [-0.15, -0.1) is 11.8 Å². The number of thioether (sulfide) groups is 1. The number of nitro groups is 1. The highest BCUT2D eigenvalue weighted by atomic mass is 35.5. The molecule has 0 aliphatic carbocycles. The van der Waals surface area contributed by atoms with E-state index < -0.39 is 63.1 Å². The molecule has 15 heteroatoms. The summed E-state index contributed by atoms with van der Waals surface area (Å²) in [6.45, 7) is 3.42. The molecule has 0 spiro atoms. The quantitative estimate of drug-likeness (QED) is 0.129. The number of nitrogens with zero attached hydrogens (tertiary/aromatic N) is 2. The number of hydrogen-bond acceptors (Lipinski definition) is 10. The van der Waals surface area contributed by atoms with Crippen LogP contribution in [0.25, 0.3) is 0 Å². The number of ether oxygens (including phenoxy) is 2. The van der Waals surface area contributed by atoms with Crippen LogP contribution in [0.1, 0.15) is 31.0 Å². The fraction of sp³-hybridized carbons (Fsp3) is 0.360. The summed E-state index contributed by atoms with van der Waals surface area (Å²) in [5, 5.41) is 24.9. The summed E-state index contributed by atoms with van der Waals surface area (Å²) < 4.78 is 9.35. The first-order chi connectivity index (χ1) is 18.9. The highest BCUT2D eigenvalue weighted by molar-refractivity contribution is 8.01. The predicted octanol–water partition coefficient (Wildman–Crippen LogP) is 2.55. The molecule has 4 atom stereocenters. The van der Waals surface area contributed by atoms with Crippen molar-refractivity contribution in [1.82, 2.24) is 15.5 Å². The van der Waals surface area contributed by atoms with Crippen molar-refractivity contribution in [2.75, 3.05) is 6.07 Å². The number of esters is 1. The SMILES string of the molecule is CC1(C)S[C@@H]2[C@H](NC(=O)C(NC(=O)OCCl)c3ccc(O)cc3)C(=O)N2[C@H]1C(=O)OCc1ccc([N+](=O)[O-])cc1. The van der Waals surface area contributed by atoms with Crippen molar-refractivity contribution in [3.63, 3.8) is 0 Å². The zero-order valence-corrected chi connectivity index (χ0v) is 22.8. The number of phenols is 1. The largest absolute Gasteiger partial charge is 0.508 e. The second-order valence-electron chi connectivity index (χ2n) is 9.49. The molecule has 0 bridgehead atoms. The van der Waals surface area contributed by atoms with Crippen molar-refractivity contribution >= 4 is 52.9 Å². The minimum absolute atomic E-state index is 0.0489. The molecule has 0 saturated carbocycles. The van der Waals surface area contributed by atoms with Crippen molar-refractivity contribution in [2.24, 2.45) is 0 Å². The molecular formula is C25H25ClN4O9S. The van der Waals surface area contributed by atoms with Crippen molar-refractivity contribution < 1.29 is 38.7 Å². The average molecular weight is 593 g/mol. The number of carbonyl (C=O) groups is 4. The van der Waals surface area contributed by atoms with Gasteiger partial charge in [0.05, 0.1) is 4.92 Å². The van der Waals surface area contributed by atoms with E-state index in [-0.39, 0.29) is 18.0 Å². The normalized spacial score (nSPS) is 21.4. The summed E-state index contributed by atoms with van der Waals surface area (Å²) in [5.74, 6) is -1.91. The third-order valence-corrected chi connectivity index (χ3v) is 8.11. The van der Waals surface area contributed by atoms with Crippen LogP contribution < -0.4 is 10.6 Å². The Morgan fingerprint density at radius 2 is 1.80 bits per heavy atom. The van der Waals surface area contributed by atoms with Crippen LogP contribution in [0.4, 0.5) is 10.5 Å². The molecule has 2 fully saturated rings. The van der Waals surface area contributed by atoms with Gasteiger partial charge in [0.25, 0.3) is 5.69 Å². The minimum atomic E-state index is -1.26. The van der Waals surface area contributed by atoms with E-state index in [1.807, 2.05) is 0 Å². The van der Waals surface area contributed by atoms with Crippen LogP contribution in [0.5, 0.6) is 5.75 Å². The molecule has 2 aliphatic rings. The van der Waals surface area contributed by atoms with E-state index in [1.54, 1.807) is 13.8 Å². The fourth-order valence-electron chi connectivity index (χ4n) is 4.49. The first-order valence-electron chi connectivity index (χ1n) is 11.9. The van der Waals surface area contributed by atoms with Crippen LogP contribution in [-0.2, 0) is 30.5 Å². The number of phenolic OH excluding ortho intramolecular Hbond substituents is 1. The first kappa shape index (κ1) is 29.0. The van der Waals surface area contributed by atoms with Gasteiger partial charge in [0.15, 0.2) is 6.07 Å². The zero-order chi connectivity index (χ0) is 29.2. The topological polar surface area (TPSA) is 177 Å². The van der Waals surface area contributed by atoms with Gasteiger partial charge < -0.3 is 30.1 Å². The molecule has 3 amide bonds. The van der Waals surface area contributed by atoms with Gasteiger partial charge >= 0.3 is 12.1 Å². The van der Waals surface area contributed by atoms with Crippen LogP contribution in [0.3, 0.4) is 0 Å². The van der Waals surface area contributed by atoms with Crippen molar-refractivity contribution in [3.05, 3.63) is 69.8 Å². The number of non-ortho nitro benzene ring substituents is 1. The maximum Gasteiger partial charge on any atom is 0.409 e. The number of carbonyl (C=O) groups excluding carboxylic acids is 4. The number of hydrogen-bond donors (Lipinski definition) is 3. The van der Waals surface area contributed by atoms with E-state index >= 15 is 0 Å². The number of rotatable bonds is 9. The standard InChI is InChI=1S/C25H25ClN4O9S/c1-25(2)19(23(34)38-11-13-3-7-15(8-4-13)30(36)37)29-21(33)18(22(29)40-25)27-20(32)17(28-24(35)39-12-26)14-5-9-16(31)10-6-14/h3-10,17-19,22,31H,11-12H2,1-2H3,(H,27,32)(H,28,35)/t17?,18-,19+,22-/m1/s1. The molecule has 2 aromatic rings. The number of benzene rings is 2. The molecule has 2 aromatic carbocycles. The van der Waals surface area contributed by atoms with Crippen LogP contribution in [0.2, 0.25) is 0 Å². The van der Waals surface area contributed by atoms with E-state index in [0.717, 1.165) is 0 Å². The van der Waals surface area contributed by atoms with Gasteiger partial charge in [-0.25, -0.2) is 9.59 Å². The number of alkyl halides is 1. The highest BCUT2D eigenvalue weighted by Crippen LogP contribution is 2.51. The zero-order valence-electron chi connectivity index (χ0n) is 21.2. The second kappa shape index (κ2) is 11.6. The number of nitrogens with one attached hydrogen (secondary N) is 2. The van der Waals surface area contributed by atoms with Crippen molar-refractivity contribution in [1.29, 1.82) is 0 Å². The molecule has 40 heavy (non-hydrogen) atoms. The third-order valence-electron chi connectivity index (χ3n) is 6.43. The average Bonchev–Trinajstić information content (AvgIpc) is 3.17. The number of fused-ring (bicyclic) bond motifs is 1. The van der Waals surface area contributed by atoms with Gasteiger partial charge in [-0.1, -0.05) is 23.7 Å². The van der Waals surface area contributed by atoms with E-state index in [4.69, 9.17) is 16.3 Å². The van der Waals surface area contributed by atoms with E-state index in [0.29, 0.717) is 11.1 Å². The molecular weight excluding hydrogens is 568 g/mol. The molecule has 2 aliphatic heterocycles. The number of alkyl carbamates (subject to hydrolysis) is 1. The van der Waals surface area contributed by atoms with Gasteiger partial charge in [0, 0.05) is 16.9 Å². The summed E-state index contributed by atoms with van der Waals surface area (Å²) in [7, 11) is 0. The Morgan fingerprint density at radius 3 is 2.40 bits per heavy atom. The molecule has 1 unspecified atom stereocenters. The number of amides is 3. The van der Waals surface area contributed by atoms with E-state index in [1.165, 1.54) is 65.2 Å². The van der Waals surface area contributed by atoms with E-state index in [9.17, 15) is 34.4 Å². The Morgan fingerprint density at radius 1 is 1.15 bits per heavy atom. The van der Waals surface area contributed by atoms with Gasteiger partial charge in [0.2, 0.25) is 11.8 Å². The van der Waals surface area contributed by atoms with Gasteiger partial charge in [-0.05, 0) is 49.2 Å². The molecule has 212 valence electrons. The minimum Gasteiger partial charge on any atom is -0.508 e. The predicted molar refractivity (Wildman–Crippen MR) is 142 cm³/mol. The van der Waals surface area contributed by atoms with Crippen LogP contribution in [0.15, 0.2) is 48.5 Å². The number of nitro benzene ring substituents is 1. The monoisotopic (exact) mass is 592 g/mol. The lowest BCUT2D eigenvalue weighted by Gasteiger charge is -2.44. The molecule has 13 nitrogen and oxygen atoms in total. The third kappa shape index (κ3) is 5.92. The summed E-state index contributed by atoms with van der Waals surface area (Å²) >= 11 is 6.75. The lowest BCUT2D eigenvalue weighted by molar-refractivity contribution is -0.384. The summed E-state index contributed by atoms with van der Waals surface area (Å²) in [6, 6.07) is 7.47. The van der Waals surface area contributed by atoms with Gasteiger partial charge in [0.1, 0.15) is 35.9 Å². The molecule has 2 heterocycles. The lowest BCUT2D eigenvalue weighted by atomic mass is 9.95. The molecule has 0 radical (unpaired) electrons. The van der Waals surface area contributed by atoms with E-state index in [2.05, 4.69) is 15.4 Å². The Balaban J connectivity index is 1.43. The maximum atomic E-state index is 13.2. The van der Waals surface area contributed by atoms with Crippen molar-refractivity contribution in [2.45, 2.75) is 48.7 Å².